The van der Waals surface area contributed by atoms with Crippen molar-refractivity contribution >= 4 is 29.1 Å². The maximum Gasteiger partial charge on any atom is 0.255 e. The molecule has 2 amide bonds. The Labute approximate surface area is 160 Å². The van der Waals surface area contributed by atoms with Gasteiger partial charge in [0.1, 0.15) is 0 Å². The number of carbonyl (C=O) groups is 2. The van der Waals surface area contributed by atoms with Gasteiger partial charge in [-0.1, -0.05) is 41.9 Å². The number of hydrogen-bond donors (Lipinski definition) is 1. The molecule has 0 heterocycles. The summed E-state index contributed by atoms with van der Waals surface area (Å²) in [6.45, 7) is 5.12. The van der Waals surface area contributed by atoms with Gasteiger partial charge in [-0.2, -0.15) is 0 Å². The fourth-order valence-electron chi connectivity index (χ4n) is 2.77. The topological polar surface area (TPSA) is 49.4 Å². The summed E-state index contributed by atoms with van der Waals surface area (Å²) in [7, 11) is 0. The minimum absolute atomic E-state index is 0.0557. The van der Waals surface area contributed by atoms with E-state index in [1.54, 1.807) is 23.1 Å². The van der Waals surface area contributed by atoms with Crippen LogP contribution in [-0.4, -0.2) is 29.8 Å². The molecule has 138 valence electrons. The molecule has 5 heteroatoms. The zero-order chi connectivity index (χ0) is 18.9. The molecule has 0 aromatic heterocycles. The van der Waals surface area contributed by atoms with Crippen LogP contribution in [0.5, 0.6) is 0 Å². The summed E-state index contributed by atoms with van der Waals surface area (Å²) in [5.41, 5.74) is 2.29. The van der Waals surface area contributed by atoms with Crippen LogP contribution >= 0.6 is 11.6 Å². The summed E-state index contributed by atoms with van der Waals surface area (Å²) >= 11 is 6.25. The van der Waals surface area contributed by atoms with Crippen LogP contribution in [-0.2, 0) is 11.2 Å². The van der Waals surface area contributed by atoms with E-state index < -0.39 is 0 Å². The first-order valence-corrected chi connectivity index (χ1v) is 9.35. The first-order chi connectivity index (χ1) is 12.5. The van der Waals surface area contributed by atoms with Crippen LogP contribution in [0.4, 0.5) is 5.69 Å². The third-order valence-electron chi connectivity index (χ3n) is 4.25. The van der Waals surface area contributed by atoms with Crippen molar-refractivity contribution in [3.63, 3.8) is 0 Å². The van der Waals surface area contributed by atoms with Gasteiger partial charge in [0.25, 0.3) is 5.91 Å². The van der Waals surface area contributed by atoms with Gasteiger partial charge in [0.05, 0.1) is 10.6 Å². The number of carbonyl (C=O) groups excluding carboxylic acids is 2. The van der Waals surface area contributed by atoms with E-state index in [1.165, 1.54) is 5.56 Å². The second-order valence-corrected chi connectivity index (χ2v) is 6.47. The average Bonchev–Trinajstić information content (AvgIpc) is 2.63. The number of aryl methyl sites for hydroxylation is 1. The summed E-state index contributed by atoms with van der Waals surface area (Å²) in [5.74, 6) is -0.152. The molecule has 0 saturated carbocycles. The second-order valence-electron chi connectivity index (χ2n) is 6.06. The molecule has 2 aromatic rings. The van der Waals surface area contributed by atoms with Crippen molar-refractivity contribution in [2.24, 2.45) is 0 Å². The molecule has 2 rings (SSSR count). The molecule has 0 aliphatic carbocycles. The lowest BCUT2D eigenvalue weighted by Gasteiger charge is -2.19. The number of amides is 2. The number of nitrogens with zero attached hydrogens (tertiary/aromatic N) is 1. The van der Waals surface area contributed by atoms with E-state index in [2.05, 4.69) is 17.4 Å². The standard InChI is InChI=1S/C21H25ClN2O2/c1-3-24(4-2)21(26)18-14-13-17(15-19(18)22)23-20(25)12-8-11-16-9-6-5-7-10-16/h5-7,9-10,13-15H,3-4,8,11-12H2,1-2H3,(H,23,25). The Bertz CT molecular complexity index is 743. The molecule has 0 radical (unpaired) electrons. The third-order valence-corrected chi connectivity index (χ3v) is 4.56. The van der Waals surface area contributed by atoms with Crippen molar-refractivity contribution in [2.75, 3.05) is 18.4 Å². The SMILES string of the molecule is CCN(CC)C(=O)c1ccc(NC(=O)CCCc2ccccc2)cc1Cl. The maximum atomic E-state index is 12.4. The van der Waals surface area contributed by atoms with Gasteiger partial charge in [-0.3, -0.25) is 9.59 Å². The van der Waals surface area contributed by atoms with E-state index in [4.69, 9.17) is 11.6 Å². The molecule has 1 N–H and O–H groups in total. The number of halogens is 1. The quantitative estimate of drug-likeness (QED) is 0.724. The lowest BCUT2D eigenvalue weighted by Crippen LogP contribution is -2.30. The Hall–Kier alpha value is -2.33. The number of benzene rings is 2. The average molecular weight is 373 g/mol. The van der Waals surface area contributed by atoms with Gasteiger partial charge in [-0.05, 0) is 50.5 Å². The summed E-state index contributed by atoms with van der Waals surface area (Å²) in [6.07, 6.45) is 2.08. The van der Waals surface area contributed by atoms with E-state index >= 15 is 0 Å². The fraction of sp³-hybridized carbons (Fsp3) is 0.333. The summed E-state index contributed by atoms with van der Waals surface area (Å²) in [4.78, 5) is 26.2. The highest BCUT2D eigenvalue weighted by Crippen LogP contribution is 2.23. The van der Waals surface area contributed by atoms with Crippen molar-refractivity contribution in [3.05, 3.63) is 64.7 Å². The number of hydrogen-bond acceptors (Lipinski definition) is 2. The van der Waals surface area contributed by atoms with Crippen molar-refractivity contribution in [1.29, 1.82) is 0 Å². The van der Waals surface area contributed by atoms with Gasteiger partial charge in [-0.25, -0.2) is 0 Å². The molecule has 0 aliphatic heterocycles. The highest BCUT2D eigenvalue weighted by molar-refractivity contribution is 6.34. The molecule has 0 spiro atoms. The Morgan fingerprint density at radius 3 is 2.35 bits per heavy atom. The molecule has 26 heavy (non-hydrogen) atoms. The highest BCUT2D eigenvalue weighted by Gasteiger charge is 2.16. The van der Waals surface area contributed by atoms with E-state index in [9.17, 15) is 9.59 Å². The molecule has 0 atom stereocenters. The van der Waals surface area contributed by atoms with E-state index in [0.29, 0.717) is 35.8 Å². The van der Waals surface area contributed by atoms with Crippen LogP contribution < -0.4 is 5.32 Å². The van der Waals surface area contributed by atoms with Crippen LogP contribution in [0.25, 0.3) is 0 Å². The normalized spacial score (nSPS) is 10.4. The van der Waals surface area contributed by atoms with E-state index in [-0.39, 0.29) is 11.8 Å². The first kappa shape index (κ1) is 20.0. The monoisotopic (exact) mass is 372 g/mol. The van der Waals surface area contributed by atoms with Gasteiger partial charge >= 0.3 is 0 Å². The summed E-state index contributed by atoms with van der Waals surface area (Å²) in [6, 6.07) is 15.1. The van der Waals surface area contributed by atoms with Gasteiger partial charge in [-0.15, -0.1) is 0 Å². The van der Waals surface area contributed by atoms with Crippen LogP contribution in [0, 0.1) is 0 Å². The van der Waals surface area contributed by atoms with Gasteiger partial charge in [0.15, 0.2) is 0 Å². The Morgan fingerprint density at radius 1 is 1.04 bits per heavy atom. The zero-order valence-corrected chi connectivity index (χ0v) is 16.1. The van der Waals surface area contributed by atoms with Crippen LogP contribution in [0.15, 0.2) is 48.5 Å². The van der Waals surface area contributed by atoms with Crippen molar-refractivity contribution in [3.8, 4) is 0 Å². The molecule has 4 nitrogen and oxygen atoms in total. The molecule has 2 aromatic carbocycles. The highest BCUT2D eigenvalue weighted by atomic mass is 35.5. The lowest BCUT2D eigenvalue weighted by atomic mass is 10.1. The largest absolute Gasteiger partial charge is 0.339 e. The molecule has 0 fully saturated rings. The smallest absolute Gasteiger partial charge is 0.255 e. The Kier molecular flexibility index (Phi) is 7.67. The second kappa shape index (κ2) is 9.97. The molecule has 0 saturated heterocycles. The number of anilines is 1. The van der Waals surface area contributed by atoms with E-state index in [0.717, 1.165) is 12.8 Å². The lowest BCUT2D eigenvalue weighted by molar-refractivity contribution is -0.116. The van der Waals surface area contributed by atoms with Crippen molar-refractivity contribution in [2.45, 2.75) is 33.1 Å². The molecule has 0 bridgehead atoms. The predicted octanol–water partition coefficient (Wildman–Crippen LogP) is 4.78. The van der Waals surface area contributed by atoms with Gasteiger partial charge < -0.3 is 10.2 Å². The third kappa shape index (κ3) is 5.60. The molecule has 0 aliphatic rings. The predicted molar refractivity (Wildman–Crippen MR) is 107 cm³/mol. The maximum absolute atomic E-state index is 12.4. The van der Waals surface area contributed by atoms with Gasteiger partial charge in [0, 0.05) is 25.2 Å². The number of rotatable bonds is 8. The fourth-order valence-corrected chi connectivity index (χ4v) is 3.03. The first-order valence-electron chi connectivity index (χ1n) is 8.97. The van der Waals surface area contributed by atoms with Crippen LogP contribution in [0.2, 0.25) is 5.02 Å². The molecular weight excluding hydrogens is 348 g/mol. The Balaban J connectivity index is 1.90. The van der Waals surface area contributed by atoms with Crippen LogP contribution in [0.1, 0.15) is 42.6 Å². The summed E-state index contributed by atoms with van der Waals surface area (Å²) < 4.78 is 0. The van der Waals surface area contributed by atoms with E-state index in [1.807, 2.05) is 32.0 Å². The zero-order valence-electron chi connectivity index (χ0n) is 15.3. The Morgan fingerprint density at radius 2 is 1.73 bits per heavy atom. The minimum atomic E-state index is -0.0965. The van der Waals surface area contributed by atoms with Crippen LogP contribution in [0.3, 0.4) is 0 Å². The van der Waals surface area contributed by atoms with Gasteiger partial charge in [0.2, 0.25) is 5.91 Å². The molecular formula is C21H25ClN2O2. The molecule has 0 unspecified atom stereocenters. The van der Waals surface area contributed by atoms with Crippen molar-refractivity contribution in [1.82, 2.24) is 4.90 Å². The summed E-state index contributed by atoms with van der Waals surface area (Å²) in [5, 5.41) is 3.19. The number of nitrogens with one attached hydrogen (secondary N) is 1. The minimum Gasteiger partial charge on any atom is -0.339 e. The van der Waals surface area contributed by atoms with Crippen molar-refractivity contribution < 1.29 is 9.59 Å².